The van der Waals surface area contributed by atoms with Crippen LogP contribution in [0.1, 0.15) is 39.0 Å². The van der Waals surface area contributed by atoms with E-state index >= 15 is 0 Å². The zero-order valence-corrected chi connectivity index (χ0v) is 9.69. The number of hydrogen-bond donors (Lipinski definition) is 1. The molecule has 0 radical (unpaired) electrons. The van der Waals surface area contributed by atoms with E-state index in [4.69, 9.17) is 5.11 Å². The van der Waals surface area contributed by atoms with E-state index in [0.717, 1.165) is 32.2 Å². The molecule has 90 valence electrons. The monoisotopic (exact) mass is 225 g/mol. The summed E-state index contributed by atoms with van der Waals surface area (Å²) in [4.78, 5) is 24.7. The van der Waals surface area contributed by atoms with Crippen molar-refractivity contribution in [1.82, 2.24) is 4.90 Å². The van der Waals surface area contributed by atoms with Gasteiger partial charge in [-0.2, -0.15) is 0 Å². The van der Waals surface area contributed by atoms with Crippen molar-refractivity contribution >= 4 is 11.8 Å². The van der Waals surface area contributed by atoms with Crippen molar-refractivity contribution in [1.29, 1.82) is 0 Å². The van der Waals surface area contributed by atoms with E-state index in [0.29, 0.717) is 12.2 Å². The van der Waals surface area contributed by atoms with E-state index in [-0.39, 0.29) is 12.0 Å². The summed E-state index contributed by atoms with van der Waals surface area (Å²) in [5.41, 5.74) is 0. The molecule has 1 heterocycles. The molecule has 4 nitrogen and oxygen atoms in total. The first kappa shape index (κ1) is 11.6. The summed E-state index contributed by atoms with van der Waals surface area (Å²) in [5.74, 6) is -0.337. The fourth-order valence-electron chi connectivity index (χ4n) is 3.12. The minimum absolute atomic E-state index is 0.101. The number of Topliss-reactive ketones (excluding diaryl/α,β-unsaturated/α-hetero) is 1. The van der Waals surface area contributed by atoms with Crippen molar-refractivity contribution in [2.75, 3.05) is 6.54 Å². The third-order valence-electron chi connectivity index (χ3n) is 4.01. The maximum atomic E-state index is 11.7. The molecule has 3 unspecified atom stereocenters. The van der Waals surface area contributed by atoms with Crippen LogP contribution in [-0.2, 0) is 9.59 Å². The molecule has 4 heteroatoms. The number of nitrogens with zero attached hydrogens (tertiary/aromatic N) is 1. The lowest BCUT2D eigenvalue weighted by Gasteiger charge is -2.31. The molecule has 1 saturated heterocycles. The second-order valence-corrected chi connectivity index (χ2v) is 4.93. The van der Waals surface area contributed by atoms with Gasteiger partial charge >= 0.3 is 5.97 Å². The summed E-state index contributed by atoms with van der Waals surface area (Å²) in [6.45, 7) is 2.54. The molecule has 0 spiro atoms. The number of ketones is 1. The molecule has 0 bridgehead atoms. The molecule has 1 aliphatic carbocycles. The zero-order chi connectivity index (χ0) is 11.7. The van der Waals surface area contributed by atoms with Crippen molar-refractivity contribution in [2.45, 2.75) is 51.1 Å². The molecule has 0 aromatic heterocycles. The van der Waals surface area contributed by atoms with E-state index < -0.39 is 12.0 Å². The summed E-state index contributed by atoms with van der Waals surface area (Å²) in [6.07, 6.45) is 4.62. The molecule has 16 heavy (non-hydrogen) atoms. The Morgan fingerprint density at radius 2 is 2.19 bits per heavy atom. The number of carbonyl (C=O) groups excluding carboxylic acids is 1. The van der Waals surface area contributed by atoms with Gasteiger partial charge in [0.2, 0.25) is 0 Å². The molecule has 2 fully saturated rings. The van der Waals surface area contributed by atoms with Gasteiger partial charge in [-0.3, -0.25) is 14.5 Å². The van der Waals surface area contributed by atoms with Gasteiger partial charge in [-0.05, 0) is 39.2 Å². The van der Waals surface area contributed by atoms with Crippen LogP contribution in [0.5, 0.6) is 0 Å². The van der Waals surface area contributed by atoms with Crippen molar-refractivity contribution in [2.24, 2.45) is 5.92 Å². The Morgan fingerprint density at radius 3 is 2.75 bits per heavy atom. The molecule has 2 aliphatic rings. The Labute approximate surface area is 95.6 Å². The summed E-state index contributed by atoms with van der Waals surface area (Å²) in [6, 6.07) is -0.276. The van der Waals surface area contributed by atoms with Gasteiger partial charge < -0.3 is 5.11 Å². The minimum Gasteiger partial charge on any atom is -0.480 e. The predicted octanol–water partition coefficient (Wildman–Crippen LogP) is 1.29. The average molecular weight is 225 g/mol. The Morgan fingerprint density at radius 1 is 1.44 bits per heavy atom. The lowest BCUT2D eigenvalue weighted by atomic mass is 9.94. The van der Waals surface area contributed by atoms with Crippen LogP contribution in [0.25, 0.3) is 0 Å². The largest absolute Gasteiger partial charge is 0.480 e. The van der Waals surface area contributed by atoms with Crippen LogP contribution in [0.4, 0.5) is 0 Å². The first-order valence-corrected chi connectivity index (χ1v) is 6.12. The second kappa shape index (κ2) is 4.53. The summed E-state index contributed by atoms with van der Waals surface area (Å²) in [7, 11) is 0. The Balaban J connectivity index is 2.08. The van der Waals surface area contributed by atoms with E-state index in [2.05, 4.69) is 0 Å². The normalized spacial score (nSPS) is 33.2. The number of carboxylic acids is 1. The van der Waals surface area contributed by atoms with Gasteiger partial charge in [0.25, 0.3) is 0 Å². The van der Waals surface area contributed by atoms with Crippen molar-refractivity contribution in [3.8, 4) is 0 Å². The first-order chi connectivity index (χ1) is 7.61. The topological polar surface area (TPSA) is 57.6 Å². The molecular weight excluding hydrogens is 206 g/mol. The van der Waals surface area contributed by atoms with Crippen LogP contribution in [0.3, 0.4) is 0 Å². The molecule has 1 saturated carbocycles. The zero-order valence-electron chi connectivity index (χ0n) is 9.69. The number of carbonyl (C=O) groups is 2. The van der Waals surface area contributed by atoms with E-state index in [1.54, 1.807) is 6.92 Å². The molecule has 2 rings (SSSR count). The van der Waals surface area contributed by atoms with Gasteiger partial charge in [-0.25, -0.2) is 0 Å². The predicted molar refractivity (Wildman–Crippen MR) is 59.2 cm³/mol. The van der Waals surface area contributed by atoms with Crippen LogP contribution in [0.2, 0.25) is 0 Å². The van der Waals surface area contributed by atoms with Gasteiger partial charge in [0.15, 0.2) is 0 Å². The molecule has 0 amide bonds. The van der Waals surface area contributed by atoms with Crippen LogP contribution < -0.4 is 0 Å². The Kier molecular flexibility index (Phi) is 3.28. The van der Waals surface area contributed by atoms with Gasteiger partial charge in [0, 0.05) is 18.4 Å². The number of aliphatic carboxylic acids is 1. The number of rotatable bonds is 3. The van der Waals surface area contributed by atoms with Crippen LogP contribution in [-0.4, -0.2) is 40.4 Å². The molecule has 0 aromatic carbocycles. The molecular formula is C12H19NO3. The highest BCUT2D eigenvalue weighted by molar-refractivity contribution is 5.83. The van der Waals surface area contributed by atoms with Crippen LogP contribution in [0, 0.1) is 5.92 Å². The average Bonchev–Trinajstić information content (AvgIpc) is 2.84. The number of hydrogen-bond acceptors (Lipinski definition) is 3. The third kappa shape index (κ3) is 1.98. The fourth-order valence-corrected chi connectivity index (χ4v) is 3.12. The van der Waals surface area contributed by atoms with Gasteiger partial charge in [0.1, 0.15) is 11.8 Å². The van der Waals surface area contributed by atoms with E-state index in [1.807, 2.05) is 4.90 Å². The van der Waals surface area contributed by atoms with Crippen molar-refractivity contribution < 1.29 is 14.7 Å². The third-order valence-corrected chi connectivity index (χ3v) is 4.01. The van der Waals surface area contributed by atoms with E-state index in [1.165, 1.54) is 0 Å². The Bertz CT molecular complexity index is 303. The van der Waals surface area contributed by atoms with Crippen LogP contribution in [0.15, 0.2) is 0 Å². The smallest absolute Gasteiger partial charge is 0.320 e. The van der Waals surface area contributed by atoms with Gasteiger partial charge in [-0.15, -0.1) is 0 Å². The van der Waals surface area contributed by atoms with Crippen LogP contribution >= 0.6 is 0 Å². The maximum absolute atomic E-state index is 11.7. The highest BCUT2D eigenvalue weighted by Crippen LogP contribution is 2.34. The Hall–Kier alpha value is -0.900. The molecule has 1 N–H and O–H groups in total. The second-order valence-electron chi connectivity index (χ2n) is 4.93. The van der Waals surface area contributed by atoms with Gasteiger partial charge in [0.05, 0.1) is 0 Å². The first-order valence-electron chi connectivity index (χ1n) is 6.12. The summed E-state index contributed by atoms with van der Waals surface area (Å²) >= 11 is 0. The van der Waals surface area contributed by atoms with E-state index in [9.17, 15) is 9.59 Å². The molecule has 1 aliphatic heterocycles. The minimum atomic E-state index is -0.780. The number of carboxylic acid groups (broad SMARTS) is 1. The lowest BCUT2D eigenvalue weighted by Crippen LogP contribution is -2.46. The summed E-state index contributed by atoms with van der Waals surface area (Å²) < 4.78 is 0. The fraction of sp³-hybridized carbons (Fsp3) is 0.833. The standard InChI is InChI=1S/C12H19NO3/c1-8(12(15)16)13-7-3-5-10(13)9-4-2-6-11(9)14/h8-10H,2-7H2,1H3,(H,15,16). The summed E-state index contributed by atoms with van der Waals surface area (Å²) in [5, 5.41) is 9.04. The van der Waals surface area contributed by atoms with Crippen molar-refractivity contribution in [3.05, 3.63) is 0 Å². The molecule has 0 aromatic rings. The number of likely N-dealkylation sites (tertiary alicyclic amines) is 1. The SMILES string of the molecule is CC(C(=O)O)N1CCCC1C1CCCC1=O. The highest BCUT2D eigenvalue weighted by Gasteiger charge is 2.41. The van der Waals surface area contributed by atoms with Gasteiger partial charge in [-0.1, -0.05) is 0 Å². The lowest BCUT2D eigenvalue weighted by molar-refractivity contribution is -0.144. The maximum Gasteiger partial charge on any atom is 0.320 e. The molecule has 3 atom stereocenters. The van der Waals surface area contributed by atoms with Crippen molar-refractivity contribution in [3.63, 3.8) is 0 Å². The quantitative estimate of drug-likeness (QED) is 0.786. The highest BCUT2D eigenvalue weighted by atomic mass is 16.4.